The lowest BCUT2D eigenvalue weighted by atomic mass is 9.98. The van der Waals surface area contributed by atoms with Crippen molar-refractivity contribution in [1.29, 1.82) is 5.26 Å². The van der Waals surface area contributed by atoms with Gasteiger partial charge in [0.15, 0.2) is 0 Å². The standard InChI is InChI=1S/C33H33N7O/c34-20-26-18-23(8-10-27(26)24-6-2-1-3-7-24)21-37-14-5-4-13-36-16-17-39-33-29-12-15-38-22-30(29)28-11-9-25(32(35)41)19-31(28)40-33/h1-3,6-12,15,18-19,22,36-37H,4-5,13-14,16-17,21H2,(H2,35,41)(H,39,40). The number of anilines is 1. The Bertz CT molecular complexity index is 1700. The molecule has 5 aromatic rings. The Hall–Kier alpha value is -4.84. The average molecular weight is 544 g/mol. The van der Waals surface area contributed by atoms with Gasteiger partial charge >= 0.3 is 0 Å². The van der Waals surface area contributed by atoms with Crippen molar-refractivity contribution in [2.24, 2.45) is 5.73 Å². The number of aromatic nitrogens is 2. The predicted molar refractivity (Wildman–Crippen MR) is 164 cm³/mol. The fourth-order valence-corrected chi connectivity index (χ4v) is 4.93. The number of carbonyl (C=O) groups excluding carboxylic acids is 1. The molecule has 0 radical (unpaired) electrons. The van der Waals surface area contributed by atoms with Crippen molar-refractivity contribution in [3.05, 3.63) is 102 Å². The van der Waals surface area contributed by atoms with Crippen molar-refractivity contribution in [2.45, 2.75) is 19.4 Å². The van der Waals surface area contributed by atoms with Crippen LogP contribution in [0.3, 0.4) is 0 Å². The van der Waals surface area contributed by atoms with E-state index in [0.29, 0.717) is 23.2 Å². The van der Waals surface area contributed by atoms with Crippen LogP contribution in [0, 0.1) is 11.3 Å². The highest BCUT2D eigenvalue weighted by atomic mass is 16.1. The Labute approximate surface area is 239 Å². The normalized spacial score (nSPS) is 11.0. The van der Waals surface area contributed by atoms with E-state index in [9.17, 15) is 10.1 Å². The first-order valence-corrected chi connectivity index (χ1v) is 13.8. The van der Waals surface area contributed by atoms with Gasteiger partial charge in [0.05, 0.1) is 17.1 Å². The number of hydrogen-bond acceptors (Lipinski definition) is 7. The zero-order valence-electron chi connectivity index (χ0n) is 22.9. The first-order valence-electron chi connectivity index (χ1n) is 13.8. The number of fused-ring (bicyclic) bond motifs is 3. The number of nitrogens with zero attached hydrogens (tertiary/aromatic N) is 3. The maximum absolute atomic E-state index is 11.6. The molecule has 3 aromatic carbocycles. The largest absolute Gasteiger partial charge is 0.368 e. The van der Waals surface area contributed by atoms with Crippen molar-refractivity contribution in [3.63, 3.8) is 0 Å². The number of nitrogens with two attached hydrogens (primary N) is 1. The highest BCUT2D eigenvalue weighted by Crippen LogP contribution is 2.29. The molecule has 0 aliphatic carbocycles. The van der Waals surface area contributed by atoms with Crippen LogP contribution in [0.2, 0.25) is 0 Å². The van der Waals surface area contributed by atoms with E-state index in [0.717, 1.165) is 77.7 Å². The Balaban J connectivity index is 1.03. The van der Waals surface area contributed by atoms with Crippen LogP contribution in [0.1, 0.15) is 34.3 Å². The van der Waals surface area contributed by atoms with E-state index in [1.165, 1.54) is 0 Å². The van der Waals surface area contributed by atoms with E-state index >= 15 is 0 Å². The van der Waals surface area contributed by atoms with Gasteiger partial charge in [-0.15, -0.1) is 0 Å². The number of nitrogens with one attached hydrogen (secondary N) is 3. The number of amides is 1. The van der Waals surface area contributed by atoms with Crippen LogP contribution in [0.4, 0.5) is 5.82 Å². The van der Waals surface area contributed by atoms with Gasteiger partial charge in [0.1, 0.15) is 5.82 Å². The Morgan fingerprint density at radius 2 is 1.68 bits per heavy atom. The third-order valence-electron chi connectivity index (χ3n) is 7.05. The minimum absolute atomic E-state index is 0.434. The summed E-state index contributed by atoms with van der Waals surface area (Å²) in [6.07, 6.45) is 5.69. The second-order valence-electron chi connectivity index (χ2n) is 9.90. The molecule has 2 heterocycles. The zero-order chi connectivity index (χ0) is 28.4. The molecule has 0 aliphatic heterocycles. The third kappa shape index (κ3) is 6.84. The molecular weight excluding hydrogens is 510 g/mol. The molecule has 41 heavy (non-hydrogen) atoms. The minimum atomic E-state index is -0.473. The maximum Gasteiger partial charge on any atom is 0.248 e. The second-order valence-corrected chi connectivity index (χ2v) is 9.90. The van der Waals surface area contributed by atoms with Gasteiger partial charge in [-0.1, -0.05) is 48.5 Å². The molecule has 206 valence electrons. The van der Waals surface area contributed by atoms with Gasteiger partial charge < -0.3 is 21.7 Å². The number of benzene rings is 3. The summed E-state index contributed by atoms with van der Waals surface area (Å²) in [5, 5.41) is 22.9. The van der Waals surface area contributed by atoms with Crippen molar-refractivity contribution < 1.29 is 4.79 Å². The van der Waals surface area contributed by atoms with Crippen LogP contribution in [0.25, 0.3) is 32.8 Å². The molecule has 0 atom stereocenters. The Kier molecular flexibility index (Phi) is 9.12. The van der Waals surface area contributed by atoms with Crippen LogP contribution >= 0.6 is 0 Å². The Morgan fingerprint density at radius 3 is 2.49 bits per heavy atom. The van der Waals surface area contributed by atoms with Gasteiger partial charge in [-0.25, -0.2) is 4.98 Å². The number of carbonyl (C=O) groups is 1. The molecule has 0 fully saturated rings. The highest BCUT2D eigenvalue weighted by molar-refractivity contribution is 6.11. The van der Waals surface area contributed by atoms with Gasteiger partial charge in [0.25, 0.3) is 0 Å². The van der Waals surface area contributed by atoms with Gasteiger partial charge in [-0.05, 0) is 66.9 Å². The SMILES string of the molecule is N#Cc1cc(CNCCCCNCCNc2nc3cc(C(N)=O)ccc3c3cnccc23)ccc1-c1ccccc1. The monoisotopic (exact) mass is 543 g/mol. The number of pyridine rings is 2. The predicted octanol–water partition coefficient (Wildman–Crippen LogP) is 4.99. The molecule has 8 nitrogen and oxygen atoms in total. The molecule has 1 amide bonds. The molecule has 5 rings (SSSR count). The molecular formula is C33H33N7O. The van der Waals surface area contributed by atoms with Crippen molar-refractivity contribution in [2.75, 3.05) is 31.5 Å². The van der Waals surface area contributed by atoms with Gasteiger partial charge in [0.2, 0.25) is 5.91 Å². The molecule has 0 aliphatic rings. The van der Waals surface area contributed by atoms with Crippen molar-refractivity contribution in [1.82, 2.24) is 20.6 Å². The molecule has 0 spiro atoms. The number of nitriles is 1. The summed E-state index contributed by atoms with van der Waals surface area (Å²) in [6.45, 7) is 4.09. The topological polar surface area (TPSA) is 129 Å². The van der Waals surface area contributed by atoms with Crippen LogP contribution in [-0.2, 0) is 6.54 Å². The smallest absolute Gasteiger partial charge is 0.248 e. The van der Waals surface area contributed by atoms with Gasteiger partial charge in [-0.3, -0.25) is 9.78 Å². The van der Waals surface area contributed by atoms with E-state index < -0.39 is 5.91 Å². The van der Waals surface area contributed by atoms with Crippen molar-refractivity contribution >= 4 is 33.4 Å². The second kappa shape index (κ2) is 13.5. The molecule has 0 saturated carbocycles. The zero-order valence-corrected chi connectivity index (χ0v) is 22.9. The minimum Gasteiger partial charge on any atom is -0.368 e. The van der Waals surface area contributed by atoms with Crippen LogP contribution < -0.4 is 21.7 Å². The number of hydrogen-bond donors (Lipinski definition) is 4. The lowest BCUT2D eigenvalue weighted by Crippen LogP contribution is -2.24. The number of rotatable bonds is 13. The summed E-state index contributed by atoms with van der Waals surface area (Å²) >= 11 is 0. The first kappa shape index (κ1) is 27.7. The van der Waals surface area contributed by atoms with Crippen LogP contribution in [0.5, 0.6) is 0 Å². The quantitative estimate of drug-likeness (QED) is 0.122. The average Bonchev–Trinajstić information content (AvgIpc) is 3.01. The van der Waals surface area contributed by atoms with E-state index in [2.05, 4.69) is 33.1 Å². The van der Waals surface area contributed by atoms with E-state index in [-0.39, 0.29) is 0 Å². The molecule has 0 saturated heterocycles. The summed E-state index contributed by atoms with van der Waals surface area (Å²) < 4.78 is 0. The molecule has 0 bridgehead atoms. The fourth-order valence-electron chi connectivity index (χ4n) is 4.93. The first-order chi connectivity index (χ1) is 20.1. The summed E-state index contributed by atoms with van der Waals surface area (Å²) in [7, 11) is 0. The summed E-state index contributed by atoms with van der Waals surface area (Å²) in [4.78, 5) is 20.7. The van der Waals surface area contributed by atoms with E-state index in [1.54, 1.807) is 18.3 Å². The van der Waals surface area contributed by atoms with Gasteiger partial charge in [0, 0.05) is 53.8 Å². The fraction of sp³-hybridized carbons (Fsp3) is 0.212. The lowest BCUT2D eigenvalue weighted by molar-refractivity contribution is 0.100. The Morgan fingerprint density at radius 1 is 0.854 bits per heavy atom. The van der Waals surface area contributed by atoms with E-state index in [4.69, 9.17) is 10.7 Å². The summed E-state index contributed by atoms with van der Waals surface area (Å²) in [6, 6.07) is 25.7. The van der Waals surface area contributed by atoms with Crippen LogP contribution in [-0.4, -0.2) is 42.1 Å². The molecule has 0 unspecified atom stereocenters. The third-order valence-corrected chi connectivity index (χ3v) is 7.05. The molecule has 5 N–H and O–H groups in total. The molecule has 2 aromatic heterocycles. The highest BCUT2D eigenvalue weighted by Gasteiger charge is 2.11. The lowest BCUT2D eigenvalue weighted by Gasteiger charge is -2.12. The maximum atomic E-state index is 11.6. The number of primary amides is 1. The summed E-state index contributed by atoms with van der Waals surface area (Å²) in [5.74, 6) is 0.290. The van der Waals surface area contributed by atoms with Gasteiger partial charge in [-0.2, -0.15) is 5.26 Å². The molecule has 8 heteroatoms. The van der Waals surface area contributed by atoms with Crippen molar-refractivity contribution in [3.8, 4) is 17.2 Å². The van der Waals surface area contributed by atoms with Crippen LogP contribution in [0.15, 0.2) is 85.2 Å². The summed E-state index contributed by atoms with van der Waals surface area (Å²) in [5.41, 5.74) is 10.4. The number of unbranched alkanes of at least 4 members (excludes halogenated alkanes) is 1. The van der Waals surface area contributed by atoms with E-state index in [1.807, 2.05) is 60.8 Å².